The number of hydrogen-bond donors (Lipinski definition) is 2. The SMILES string of the molecule is CN[C@H]1CC[C@H](Nc2ncc3c(-c4ccc5nc(C)n(CCOC)c5n4)ccn3n2)CC1. The smallest absolute Gasteiger partial charge is 0.241 e. The van der Waals surface area contributed by atoms with E-state index < -0.39 is 0 Å². The average Bonchev–Trinajstić information content (AvgIpc) is 3.37. The number of hydrogen-bond acceptors (Lipinski definition) is 7. The quantitative estimate of drug-likeness (QED) is 0.462. The Labute approximate surface area is 187 Å². The zero-order chi connectivity index (χ0) is 22.1. The molecule has 1 aliphatic carbocycles. The molecule has 0 aromatic carbocycles. The molecule has 5 rings (SSSR count). The number of aromatic nitrogens is 6. The summed E-state index contributed by atoms with van der Waals surface area (Å²) >= 11 is 0. The lowest BCUT2D eigenvalue weighted by molar-refractivity contribution is 0.187. The molecule has 9 nitrogen and oxygen atoms in total. The van der Waals surface area contributed by atoms with E-state index in [-0.39, 0.29) is 0 Å². The third kappa shape index (κ3) is 3.93. The van der Waals surface area contributed by atoms with Gasteiger partial charge in [-0.1, -0.05) is 0 Å². The van der Waals surface area contributed by atoms with Gasteiger partial charge in [-0.05, 0) is 57.9 Å². The largest absolute Gasteiger partial charge is 0.383 e. The fourth-order valence-electron chi connectivity index (χ4n) is 4.61. The molecule has 4 heterocycles. The monoisotopic (exact) mass is 434 g/mol. The van der Waals surface area contributed by atoms with Crippen LogP contribution in [-0.2, 0) is 11.3 Å². The summed E-state index contributed by atoms with van der Waals surface area (Å²) in [6.07, 6.45) is 8.46. The van der Waals surface area contributed by atoms with Crippen LogP contribution < -0.4 is 10.6 Å². The number of aryl methyl sites for hydroxylation is 1. The van der Waals surface area contributed by atoms with E-state index >= 15 is 0 Å². The summed E-state index contributed by atoms with van der Waals surface area (Å²) < 4.78 is 9.23. The van der Waals surface area contributed by atoms with Gasteiger partial charge in [0.25, 0.3) is 0 Å². The molecule has 0 atom stereocenters. The van der Waals surface area contributed by atoms with Crippen LogP contribution in [0.2, 0.25) is 0 Å². The molecular weight excluding hydrogens is 404 g/mol. The highest BCUT2D eigenvalue weighted by Gasteiger charge is 2.21. The summed E-state index contributed by atoms with van der Waals surface area (Å²) in [6, 6.07) is 7.13. The predicted molar refractivity (Wildman–Crippen MR) is 125 cm³/mol. The first-order valence-electron chi connectivity index (χ1n) is 11.3. The Balaban J connectivity index is 1.41. The maximum Gasteiger partial charge on any atom is 0.241 e. The molecular formula is C23H30N8O. The second kappa shape index (κ2) is 8.84. The van der Waals surface area contributed by atoms with Crippen molar-refractivity contribution in [2.24, 2.45) is 0 Å². The van der Waals surface area contributed by atoms with Crippen molar-refractivity contribution in [3.8, 4) is 11.3 Å². The summed E-state index contributed by atoms with van der Waals surface area (Å²) in [5.74, 6) is 1.61. The molecule has 2 N–H and O–H groups in total. The van der Waals surface area contributed by atoms with Crippen LogP contribution in [0.15, 0.2) is 30.6 Å². The highest BCUT2D eigenvalue weighted by Crippen LogP contribution is 2.27. The number of nitrogens with one attached hydrogen (secondary N) is 2. The van der Waals surface area contributed by atoms with Gasteiger partial charge in [-0.3, -0.25) is 0 Å². The normalized spacial score (nSPS) is 19.1. The Morgan fingerprint density at radius 2 is 1.91 bits per heavy atom. The number of nitrogens with zero attached hydrogens (tertiary/aromatic N) is 6. The number of methoxy groups -OCH3 is 1. The summed E-state index contributed by atoms with van der Waals surface area (Å²) in [5.41, 5.74) is 4.58. The molecule has 0 aliphatic heterocycles. The molecule has 0 unspecified atom stereocenters. The van der Waals surface area contributed by atoms with Gasteiger partial charge in [-0.15, -0.1) is 5.10 Å². The molecule has 32 heavy (non-hydrogen) atoms. The number of ether oxygens (including phenoxy) is 1. The predicted octanol–water partition coefficient (Wildman–Crippen LogP) is 3.04. The minimum atomic E-state index is 0.423. The number of pyridine rings is 1. The Bertz CT molecular complexity index is 1220. The van der Waals surface area contributed by atoms with Crippen LogP contribution in [0, 0.1) is 6.92 Å². The maximum absolute atomic E-state index is 5.25. The van der Waals surface area contributed by atoms with Crippen LogP contribution >= 0.6 is 0 Å². The summed E-state index contributed by atoms with van der Waals surface area (Å²) in [7, 11) is 3.75. The van der Waals surface area contributed by atoms with Gasteiger partial charge in [0.05, 0.1) is 24.0 Å². The van der Waals surface area contributed by atoms with Gasteiger partial charge in [0, 0.05) is 37.5 Å². The lowest BCUT2D eigenvalue weighted by atomic mass is 9.91. The van der Waals surface area contributed by atoms with Crippen LogP contribution in [0.1, 0.15) is 31.5 Å². The molecule has 0 spiro atoms. The molecule has 0 radical (unpaired) electrons. The van der Waals surface area contributed by atoms with Crippen molar-refractivity contribution in [2.75, 3.05) is 26.1 Å². The van der Waals surface area contributed by atoms with Crippen LogP contribution in [0.3, 0.4) is 0 Å². The van der Waals surface area contributed by atoms with Crippen molar-refractivity contribution in [2.45, 2.75) is 51.2 Å². The third-order valence-electron chi connectivity index (χ3n) is 6.46. The Morgan fingerprint density at radius 3 is 2.69 bits per heavy atom. The second-order valence-corrected chi connectivity index (χ2v) is 8.47. The van der Waals surface area contributed by atoms with Crippen molar-refractivity contribution < 1.29 is 4.74 Å². The van der Waals surface area contributed by atoms with Crippen molar-refractivity contribution in [1.82, 2.24) is 34.4 Å². The van der Waals surface area contributed by atoms with Crippen LogP contribution in [0.25, 0.3) is 27.9 Å². The fraction of sp³-hybridized carbons (Fsp3) is 0.478. The highest BCUT2D eigenvalue weighted by atomic mass is 16.5. The van der Waals surface area contributed by atoms with Gasteiger partial charge in [0.15, 0.2) is 5.65 Å². The van der Waals surface area contributed by atoms with E-state index in [0.717, 1.165) is 53.1 Å². The van der Waals surface area contributed by atoms with Crippen LogP contribution in [0.5, 0.6) is 0 Å². The van der Waals surface area contributed by atoms with E-state index in [0.29, 0.717) is 24.6 Å². The van der Waals surface area contributed by atoms with Crippen molar-refractivity contribution in [1.29, 1.82) is 0 Å². The lowest BCUT2D eigenvalue weighted by Gasteiger charge is -2.28. The molecule has 9 heteroatoms. The molecule has 4 aromatic heterocycles. The fourth-order valence-corrected chi connectivity index (χ4v) is 4.61. The maximum atomic E-state index is 5.25. The summed E-state index contributed by atoms with van der Waals surface area (Å²) in [5, 5.41) is 11.6. The van der Waals surface area contributed by atoms with E-state index in [9.17, 15) is 0 Å². The first-order chi connectivity index (χ1) is 15.7. The van der Waals surface area contributed by atoms with Gasteiger partial charge >= 0.3 is 0 Å². The zero-order valence-electron chi connectivity index (χ0n) is 18.9. The molecule has 0 saturated heterocycles. The van der Waals surface area contributed by atoms with E-state index in [2.05, 4.69) is 25.2 Å². The van der Waals surface area contributed by atoms with Gasteiger partial charge in [0.1, 0.15) is 11.3 Å². The molecule has 1 saturated carbocycles. The van der Waals surface area contributed by atoms with E-state index in [1.807, 2.05) is 49.1 Å². The van der Waals surface area contributed by atoms with Gasteiger partial charge < -0.3 is 19.9 Å². The molecule has 0 amide bonds. The number of rotatable bonds is 7. The number of anilines is 1. The third-order valence-corrected chi connectivity index (χ3v) is 6.46. The average molecular weight is 435 g/mol. The second-order valence-electron chi connectivity index (χ2n) is 8.47. The first-order valence-corrected chi connectivity index (χ1v) is 11.3. The zero-order valence-corrected chi connectivity index (χ0v) is 18.9. The van der Waals surface area contributed by atoms with E-state index in [1.54, 1.807) is 7.11 Å². The Kier molecular flexibility index (Phi) is 5.75. The molecule has 0 bridgehead atoms. The van der Waals surface area contributed by atoms with Gasteiger partial charge in [-0.2, -0.15) is 0 Å². The molecule has 4 aromatic rings. The van der Waals surface area contributed by atoms with Crippen LogP contribution in [-0.4, -0.2) is 62.0 Å². The standard InChI is InChI=1S/C23H30N8O/c1-15-26-20-9-8-19(28-22(20)30(15)12-13-32-3)18-10-11-31-21(18)14-25-23(29-31)27-17-6-4-16(24-2)5-7-17/h8-11,14,16-17,24H,4-7,12-13H2,1-3H3,(H,27,29)/t16-,17-. The first kappa shape index (κ1) is 20.8. The van der Waals surface area contributed by atoms with Crippen molar-refractivity contribution in [3.05, 3.63) is 36.4 Å². The summed E-state index contributed by atoms with van der Waals surface area (Å²) in [4.78, 5) is 14.2. The Morgan fingerprint density at radius 1 is 1.09 bits per heavy atom. The summed E-state index contributed by atoms with van der Waals surface area (Å²) in [6.45, 7) is 3.34. The molecule has 1 fully saturated rings. The van der Waals surface area contributed by atoms with Crippen molar-refractivity contribution >= 4 is 22.6 Å². The minimum Gasteiger partial charge on any atom is -0.383 e. The van der Waals surface area contributed by atoms with Crippen LogP contribution in [0.4, 0.5) is 5.95 Å². The van der Waals surface area contributed by atoms with E-state index in [1.165, 1.54) is 12.8 Å². The topological polar surface area (TPSA) is 94.2 Å². The minimum absolute atomic E-state index is 0.423. The molecule has 168 valence electrons. The molecule has 1 aliphatic rings. The van der Waals surface area contributed by atoms with Gasteiger partial charge in [0.2, 0.25) is 5.95 Å². The van der Waals surface area contributed by atoms with Gasteiger partial charge in [-0.25, -0.2) is 19.5 Å². The highest BCUT2D eigenvalue weighted by molar-refractivity contribution is 5.82. The lowest BCUT2D eigenvalue weighted by Crippen LogP contribution is -2.35. The van der Waals surface area contributed by atoms with E-state index in [4.69, 9.17) is 14.8 Å². The number of imidazole rings is 1. The van der Waals surface area contributed by atoms with Crippen molar-refractivity contribution in [3.63, 3.8) is 0 Å². The Hall–Kier alpha value is -3.04. The number of fused-ring (bicyclic) bond motifs is 2.